The molecule has 0 heterocycles. The van der Waals surface area contributed by atoms with E-state index in [-0.39, 0.29) is 5.78 Å². The second kappa shape index (κ2) is 4.81. The number of methoxy groups -OCH3 is 1. The van der Waals surface area contributed by atoms with Gasteiger partial charge in [0.05, 0.1) is 15.2 Å². The highest BCUT2D eigenvalue weighted by molar-refractivity contribution is 6.86. The van der Waals surface area contributed by atoms with Crippen molar-refractivity contribution in [3.63, 3.8) is 0 Å². The van der Waals surface area contributed by atoms with Crippen molar-refractivity contribution >= 4 is 13.9 Å². The largest absolute Gasteiger partial charge is 0.497 e. The van der Waals surface area contributed by atoms with Gasteiger partial charge in [0, 0.05) is 17.6 Å². The van der Waals surface area contributed by atoms with E-state index in [9.17, 15) is 4.79 Å². The molecule has 2 nitrogen and oxygen atoms in total. The lowest BCUT2D eigenvalue weighted by molar-refractivity contribution is -0.113. The van der Waals surface area contributed by atoms with Gasteiger partial charge in [0.15, 0.2) is 5.78 Å². The normalized spacial score (nSPS) is 15.6. The Bertz CT molecular complexity index is 559. The van der Waals surface area contributed by atoms with Gasteiger partial charge in [0.1, 0.15) is 5.75 Å². The molecule has 1 aromatic carbocycles. The van der Waals surface area contributed by atoms with Crippen molar-refractivity contribution in [3.8, 4) is 5.75 Å². The molecule has 1 aliphatic carbocycles. The van der Waals surface area contributed by atoms with Crippen LogP contribution < -0.4 is 4.74 Å². The van der Waals surface area contributed by atoms with E-state index in [4.69, 9.17) is 4.74 Å². The molecule has 0 saturated heterocycles. The Morgan fingerprint density at radius 3 is 2.21 bits per heavy atom. The molecule has 0 bridgehead atoms. The highest BCUT2D eigenvalue weighted by atomic mass is 28.3. The van der Waals surface area contributed by atoms with Crippen molar-refractivity contribution in [3.05, 3.63) is 52.8 Å². The van der Waals surface area contributed by atoms with E-state index in [1.807, 2.05) is 24.3 Å². The van der Waals surface area contributed by atoms with Crippen LogP contribution in [0.2, 0.25) is 19.6 Å². The van der Waals surface area contributed by atoms with E-state index in [0.717, 1.165) is 22.5 Å². The minimum absolute atomic E-state index is 0.147. The fourth-order valence-corrected chi connectivity index (χ4v) is 4.68. The standard InChI is InChI=1S/C16H20O2Si/c1-11-15(17)14(16(11)19(3,4)5)10-12-6-8-13(18-2)9-7-12/h6-9H,1,10H2,2-5H3. The van der Waals surface area contributed by atoms with Gasteiger partial charge in [-0.05, 0) is 22.9 Å². The van der Waals surface area contributed by atoms with Gasteiger partial charge >= 0.3 is 0 Å². The quantitative estimate of drug-likeness (QED) is 0.619. The minimum Gasteiger partial charge on any atom is -0.497 e. The molecule has 3 heteroatoms. The maximum absolute atomic E-state index is 12.0. The Balaban J connectivity index is 2.28. The van der Waals surface area contributed by atoms with Crippen molar-refractivity contribution in [2.75, 3.05) is 7.11 Å². The summed E-state index contributed by atoms with van der Waals surface area (Å²) in [6, 6.07) is 7.90. The van der Waals surface area contributed by atoms with Crippen LogP contribution in [0.3, 0.4) is 0 Å². The number of hydrogen-bond donors (Lipinski definition) is 0. The predicted molar refractivity (Wildman–Crippen MR) is 81.2 cm³/mol. The third-order valence-electron chi connectivity index (χ3n) is 3.44. The van der Waals surface area contributed by atoms with Crippen LogP contribution >= 0.6 is 0 Å². The van der Waals surface area contributed by atoms with Crippen LogP contribution in [-0.2, 0) is 11.2 Å². The van der Waals surface area contributed by atoms with E-state index in [1.54, 1.807) is 7.11 Å². The first-order valence-electron chi connectivity index (χ1n) is 6.45. The third-order valence-corrected chi connectivity index (χ3v) is 5.55. The number of carbonyl (C=O) groups is 1. The Kier molecular flexibility index (Phi) is 3.50. The zero-order valence-corrected chi connectivity index (χ0v) is 13.0. The average molecular weight is 272 g/mol. The number of Topliss-reactive ketones (excluding diaryl/α,β-unsaturated/α-hetero) is 1. The maximum atomic E-state index is 12.0. The molecule has 0 radical (unpaired) electrons. The van der Waals surface area contributed by atoms with Crippen LogP contribution in [0, 0.1) is 0 Å². The zero-order chi connectivity index (χ0) is 14.2. The van der Waals surface area contributed by atoms with E-state index in [0.29, 0.717) is 6.42 Å². The summed E-state index contributed by atoms with van der Waals surface area (Å²) in [6.07, 6.45) is 0.710. The fourth-order valence-electron chi connectivity index (χ4n) is 2.55. The molecule has 0 amide bonds. The summed E-state index contributed by atoms with van der Waals surface area (Å²) < 4.78 is 5.14. The Morgan fingerprint density at radius 1 is 1.16 bits per heavy atom. The van der Waals surface area contributed by atoms with Gasteiger partial charge in [0.2, 0.25) is 0 Å². The van der Waals surface area contributed by atoms with E-state index < -0.39 is 8.07 Å². The maximum Gasteiger partial charge on any atom is 0.188 e. The van der Waals surface area contributed by atoms with Gasteiger partial charge in [0.25, 0.3) is 0 Å². The lowest BCUT2D eigenvalue weighted by Gasteiger charge is -2.33. The number of benzene rings is 1. The molecule has 2 rings (SSSR count). The number of rotatable bonds is 4. The van der Waals surface area contributed by atoms with Crippen LogP contribution in [0.1, 0.15) is 5.56 Å². The topological polar surface area (TPSA) is 26.3 Å². The molecule has 0 aliphatic heterocycles. The average Bonchev–Trinajstić information content (AvgIpc) is 2.37. The first-order chi connectivity index (χ1) is 8.84. The molecule has 0 spiro atoms. The molecular formula is C16H20O2Si. The summed E-state index contributed by atoms with van der Waals surface area (Å²) in [5, 5.41) is 1.26. The lowest BCUT2D eigenvalue weighted by atomic mass is 9.87. The molecule has 0 saturated carbocycles. The number of ketones is 1. The molecule has 1 aliphatic rings. The minimum atomic E-state index is -1.48. The number of allylic oxidation sites excluding steroid dienone is 3. The number of hydrogen-bond acceptors (Lipinski definition) is 2. The second-order valence-corrected chi connectivity index (χ2v) is 10.9. The summed E-state index contributed by atoms with van der Waals surface area (Å²) in [5.74, 6) is 0.987. The first kappa shape index (κ1) is 13.8. The number of ether oxygens (including phenoxy) is 1. The SMILES string of the molecule is C=C1C(=O)C(Cc2ccc(OC)cc2)=C1[Si](C)(C)C. The highest BCUT2D eigenvalue weighted by Crippen LogP contribution is 2.37. The van der Waals surface area contributed by atoms with Crippen LogP contribution in [0.25, 0.3) is 0 Å². The van der Waals surface area contributed by atoms with Gasteiger partial charge in [-0.2, -0.15) is 0 Å². The van der Waals surface area contributed by atoms with Gasteiger partial charge in [-0.15, -0.1) is 0 Å². The summed E-state index contributed by atoms with van der Waals surface area (Å²) >= 11 is 0. The van der Waals surface area contributed by atoms with E-state index >= 15 is 0 Å². The summed E-state index contributed by atoms with van der Waals surface area (Å²) in [6.45, 7) is 10.7. The second-order valence-electron chi connectivity index (χ2n) is 5.94. The molecule has 19 heavy (non-hydrogen) atoms. The van der Waals surface area contributed by atoms with Gasteiger partial charge < -0.3 is 4.74 Å². The Labute approximate surface area is 115 Å². The van der Waals surface area contributed by atoms with Crippen molar-refractivity contribution in [2.24, 2.45) is 0 Å². The van der Waals surface area contributed by atoms with Gasteiger partial charge in [-0.25, -0.2) is 0 Å². The van der Waals surface area contributed by atoms with Crippen LogP contribution in [0.5, 0.6) is 5.75 Å². The Morgan fingerprint density at radius 2 is 1.74 bits per heavy atom. The monoisotopic (exact) mass is 272 g/mol. The molecular weight excluding hydrogens is 252 g/mol. The van der Waals surface area contributed by atoms with Crippen molar-refractivity contribution < 1.29 is 9.53 Å². The smallest absolute Gasteiger partial charge is 0.188 e. The van der Waals surface area contributed by atoms with Crippen molar-refractivity contribution in [1.29, 1.82) is 0 Å². The van der Waals surface area contributed by atoms with Crippen molar-refractivity contribution in [2.45, 2.75) is 26.1 Å². The fraction of sp³-hybridized carbons (Fsp3) is 0.312. The van der Waals surface area contributed by atoms with Crippen molar-refractivity contribution in [1.82, 2.24) is 0 Å². The predicted octanol–water partition coefficient (Wildman–Crippen LogP) is 3.55. The van der Waals surface area contributed by atoms with Crippen LogP contribution in [0.4, 0.5) is 0 Å². The molecule has 0 unspecified atom stereocenters. The van der Waals surface area contributed by atoms with Gasteiger partial charge in [-0.3, -0.25) is 4.79 Å². The van der Waals surface area contributed by atoms with E-state index in [2.05, 4.69) is 26.2 Å². The number of carbonyl (C=O) groups excluding carboxylic acids is 1. The highest BCUT2D eigenvalue weighted by Gasteiger charge is 2.38. The summed E-state index contributed by atoms with van der Waals surface area (Å²) in [4.78, 5) is 12.0. The lowest BCUT2D eigenvalue weighted by Crippen LogP contribution is -2.38. The molecule has 0 N–H and O–H groups in total. The Hall–Kier alpha value is -1.61. The zero-order valence-electron chi connectivity index (χ0n) is 12.0. The molecule has 1 aromatic rings. The molecule has 0 fully saturated rings. The first-order valence-corrected chi connectivity index (χ1v) is 9.95. The third kappa shape index (κ3) is 2.56. The molecule has 0 aromatic heterocycles. The van der Waals surface area contributed by atoms with Crippen LogP contribution in [0.15, 0.2) is 47.2 Å². The molecule has 0 atom stereocenters. The van der Waals surface area contributed by atoms with Crippen LogP contribution in [-0.4, -0.2) is 21.0 Å². The summed E-state index contributed by atoms with van der Waals surface area (Å²) in [7, 11) is 0.174. The molecule has 100 valence electrons. The summed E-state index contributed by atoms with van der Waals surface area (Å²) in [5.41, 5.74) is 2.85. The van der Waals surface area contributed by atoms with Gasteiger partial charge in [-0.1, -0.05) is 38.4 Å². The van der Waals surface area contributed by atoms with E-state index in [1.165, 1.54) is 5.20 Å².